The number of methoxy groups -OCH3 is 1. The summed E-state index contributed by atoms with van der Waals surface area (Å²) in [5, 5.41) is 0. The van der Waals surface area contributed by atoms with E-state index in [0.29, 0.717) is 15.6 Å². The first-order chi connectivity index (χ1) is 9.13. The number of ether oxygens (including phenoxy) is 1. The van der Waals surface area contributed by atoms with Gasteiger partial charge in [-0.25, -0.2) is 9.37 Å². The van der Waals surface area contributed by atoms with Gasteiger partial charge < -0.3 is 4.74 Å². The highest BCUT2D eigenvalue weighted by Gasteiger charge is 2.15. The molecule has 0 aliphatic rings. The highest BCUT2D eigenvalue weighted by Crippen LogP contribution is 2.23. The molecule has 0 spiro atoms. The molecule has 0 atom stereocenters. The highest BCUT2D eigenvalue weighted by molar-refractivity contribution is 9.10. The average molecular weight is 324 g/mol. The first-order valence-electron chi connectivity index (χ1n) is 5.58. The van der Waals surface area contributed by atoms with Crippen LogP contribution in [-0.4, -0.2) is 17.9 Å². The third-order valence-electron chi connectivity index (χ3n) is 2.65. The maximum absolute atomic E-state index is 13.4. The zero-order chi connectivity index (χ0) is 13.8. The summed E-state index contributed by atoms with van der Waals surface area (Å²) in [5.74, 6) is -0.278. The average Bonchev–Trinajstić information content (AvgIpc) is 2.43. The molecule has 0 bridgehead atoms. The molecule has 0 saturated carbocycles. The van der Waals surface area contributed by atoms with E-state index in [1.807, 2.05) is 0 Å². The molecule has 0 saturated heterocycles. The van der Waals surface area contributed by atoms with Crippen molar-refractivity contribution in [2.24, 2.45) is 0 Å². The Kier molecular flexibility index (Phi) is 4.27. The van der Waals surface area contributed by atoms with Crippen LogP contribution in [0.3, 0.4) is 0 Å². The smallest absolute Gasteiger partial charge is 0.224 e. The fourth-order valence-electron chi connectivity index (χ4n) is 1.72. The predicted molar refractivity (Wildman–Crippen MR) is 72.9 cm³/mol. The van der Waals surface area contributed by atoms with Gasteiger partial charge in [-0.15, -0.1) is 0 Å². The van der Waals surface area contributed by atoms with Crippen molar-refractivity contribution in [2.75, 3.05) is 7.11 Å². The van der Waals surface area contributed by atoms with Crippen LogP contribution in [0.1, 0.15) is 15.9 Å². The number of pyridine rings is 1. The Labute approximate surface area is 118 Å². The Balaban J connectivity index is 2.28. The minimum Gasteiger partial charge on any atom is -0.480 e. The minimum absolute atomic E-state index is 0.0837. The summed E-state index contributed by atoms with van der Waals surface area (Å²) in [4.78, 5) is 16.2. The molecule has 0 amide bonds. The van der Waals surface area contributed by atoms with Crippen LogP contribution < -0.4 is 4.74 Å². The van der Waals surface area contributed by atoms with Crippen molar-refractivity contribution in [3.63, 3.8) is 0 Å². The molecule has 1 heterocycles. The standard InChI is InChI=1S/C14H11BrFNO2/c1-19-14-10(5-3-7-17-14)12(18)8-9-4-2-6-11(16)13(9)15/h2-7H,8H2,1H3. The molecule has 0 unspecified atom stereocenters. The third-order valence-corrected chi connectivity index (χ3v) is 3.54. The monoisotopic (exact) mass is 323 g/mol. The van der Waals surface area contributed by atoms with Crippen molar-refractivity contribution < 1.29 is 13.9 Å². The SMILES string of the molecule is COc1ncccc1C(=O)Cc1cccc(F)c1Br. The minimum atomic E-state index is -0.386. The fraction of sp³-hybridized carbons (Fsp3) is 0.143. The molecule has 0 aliphatic heterocycles. The van der Waals surface area contributed by atoms with Crippen LogP contribution in [0.4, 0.5) is 4.39 Å². The van der Waals surface area contributed by atoms with Gasteiger partial charge >= 0.3 is 0 Å². The van der Waals surface area contributed by atoms with Crippen LogP contribution in [0.2, 0.25) is 0 Å². The number of rotatable bonds is 4. The van der Waals surface area contributed by atoms with E-state index in [2.05, 4.69) is 20.9 Å². The van der Waals surface area contributed by atoms with Gasteiger partial charge in [-0.05, 0) is 39.7 Å². The summed E-state index contributed by atoms with van der Waals surface area (Å²) in [5.41, 5.74) is 0.983. The Bertz CT molecular complexity index is 616. The van der Waals surface area contributed by atoms with Crippen LogP contribution in [0.5, 0.6) is 5.88 Å². The number of hydrogen-bond acceptors (Lipinski definition) is 3. The molecule has 19 heavy (non-hydrogen) atoms. The Hall–Kier alpha value is -1.75. The van der Waals surface area contributed by atoms with Crippen LogP contribution in [0, 0.1) is 5.82 Å². The van der Waals surface area contributed by atoms with Gasteiger partial charge in [0.15, 0.2) is 5.78 Å². The van der Waals surface area contributed by atoms with Gasteiger partial charge in [0.05, 0.1) is 17.1 Å². The molecular formula is C14H11BrFNO2. The second kappa shape index (κ2) is 5.93. The van der Waals surface area contributed by atoms with Crippen molar-refractivity contribution >= 4 is 21.7 Å². The molecule has 2 rings (SSSR count). The lowest BCUT2D eigenvalue weighted by atomic mass is 10.0. The second-order valence-corrected chi connectivity index (χ2v) is 4.67. The normalized spacial score (nSPS) is 10.3. The molecule has 1 aromatic heterocycles. The summed E-state index contributed by atoms with van der Waals surface area (Å²) in [6.07, 6.45) is 1.63. The first kappa shape index (κ1) is 13.7. The van der Waals surface area contributed by atoms with E-state index in [1.165, 1.54) is 13.2 Å². The number of nitrogens with zero attached hydrogens (tertiary/aromatic N) is 1. The van der Waals surface area contributed by atoms with Crippen LogP contribution in [0.15, 0.2) is 41.0 Å². The molecule has 0 fully saturated rings. The number of aromatic nitrogens is 1. The van der Waals surface area contributed by atoms with Crippen molar-refractivity contribution in [3.8, 4) is 5.88 Å². The number of hydrogen-bond donors (Lipinski definition) is 0. The lowest BCUT2D eigenvalue weighted by molar-refractivity contribution is 0.0989. The van der Waals surface area contributed by atoms with Crippen molar-refractivity contribution in [1.29, 1.82) is 0 Å². The van der Waals surface area contributed by atoms with E-state index < -0.39 is 0 Å². The molecule has 98 valence electrons. The maximum atomic E-state index is 13.4. The molecule has 1 aromatic carbocycles. The Morgan fingerprint density at radius 3 is 2.89 bits per heavy atom. The fourth-order valence-corrected chi connectivity index (χ4v) is 2.12. The Morgan fingerprint density at radius 1 is 1.37 bits per heavy atom. The van der Waals surface area contributed by atoms with Gasteiger partial charge in [0, 0.05) is 12.6 Å². The summed E-state index contributed by atoms with van der Waals surface area (Å²) < 4.78 is 18.7. The van der Waals surface area contributed by atoms with E-state index in [9.17, 15) is 9.18 Å². The van der Waals surface area contributed by atoms with Crippen LogP contribution in [-0.2, 0) is 6.42 Å². The van der Waals surface area contributed by atoms with Crippen LogP contribution >= 0.6 is 15.9 Å². The molecular weight excluding hydrogens is 313 g/mol. The predicted octanol–water partition coefficient (Wildman–Crippen LogP) is 3.42. The number of ketones is 1. The second-order valence-electron chi connectivity index (χ2n) is 3.87. The number of carbonyl (C=O) groups is 1. The van der Waals surface area contributed by atoms with E-state index >= 15 is 0 Å². The summed E-state index contributed by atoms with van der Waals surface area (Å²) in [6, 6.07) is 7.91. The Morgan fingerprint density at radius 2 is 2.16 bits per heavy atom. The molecule has 0 N–H and O–H groups in total. The van der Waals surface area contributed by atoms with Crippen LogP contribution in [0.25, 0.3) is 0 Å². The zero-order valence-corrected chi connectivity index (χ0v) is 11.8. The van der Waals surface area contributed by atoms with Crippen molar-refractivity contribution in [1.82, 2.24) is 4.98 Å². The molecule has 0 aliphatic carbocycles. The number of benzene rings is 1. The topological polar surface area (TPSA) is 39.2 Å². The lowest BCUT2D eigenvalue weighted by Crippen LogP contribution is -2.07. The number of Topliss-reactive ketones (excluding diaryl/α,β-unsaturated/α-hetero) is 1. The summed E-state index contributed by atoms with van der Waals surface area (Å²) in [7, 11) is 1.46. The maximum Gasteiger partial charge on any atom is 0.224 e. The largest absolute Gasteiger partial charge is 0.480 e. The highest BCUT2D eigenvalue weighted by atomic mass is 79.9. The van der Waals surface area contributed by atoms with Gasteiger partial charge in [0.1, 0.15) is 5.82 Å². The lowest BCUT2D eigenvalue weighted by Gasteiger charge is -2.07. The quantitative estimate of drug-likeness (QED) is 0.809. The van der Waals surface area contributed by atoms with Gasteiger partial charge in [-0.2, -0.15) is 0 Å². The van der Waals surface area contributed by atoms with Crippen molar-refractivity contribution in [3.05, 3.63) is 57.9 Å². The number of halogens is 2. The van der Waals surface area contributed by atoms with Crippen molar-refractivity contribution in [2.45, 2.75) is 6.42 Å². The number of carbonyl (C=O) groups excluding carboxylic acids is 1. The summed E-state index contributed by atoms with van der Waals surface area (Å²) in [6.45, 7) is 0. The van der Waals surface area contributed by atoms with E-state index in [-0.39, 0.29) is 23.9 Å². The van der Waals surface area contributed by atoms with E-state index in [1.54, 1.807) is 30.5 Å². The molecule has 5 heteroatoms. The van der Waals surface area contributed by atoms with Gasteiger partial charge in [0.25, 0.3) is 0 Å². The van der Waals surface area contributed by atoms with E-state index in [4.69, 9.17) is 4.74 Å². The first-order valence-corrected chi connectivity index (χ1v) is 6.38. The molecule has 3 nitrogen and oxygen atoms in total. The molecule has 0 radical (unpaired) electrons. The van der Waals surface area contributed by atoms with Gasteiger partial charge in [0.2, 0.25) is 5.88 Å². The van der Waals surface area contributed by atoms with Gasteiger partial charge in [-0.1, -0.05) is 12.1 Å². The van der Waals surface area contributed by atoms with E-state index in [0.717, 1.165) is 0 Å². The van der Waals surface area contributed by atoms with Gasteiger partial charge in [-0.3, -0.25) is 4.79 Å². The zero-order valence-electron chi connectivity index (χ0n) is 10.2. The molecule has 2 aromatic rings. The third kappa shape index (κ3) is 2.98. The summed E-state index contributed by atoms with van der Waals surface area (Å²) >= 11 is 3.14.